The van der Waals surface area contributed by atoms with Gasteiger partial charge in [0.05, 0.1) is 18.2 Å². The normalized spacial score (nSPS) is 12.1. The largest absolute Gasteiger partial charge is 0.416 e. The molecule has 3 rings (SSSR count). The van der Waals surface area contributed by atoms with Crippen molar-refractivity contribution in [2.45, 2.75) is 17.5 Å². The molecular weight excluding hydrogens is 502 g/mol. The van der Waals surface area contributed by atoms with Crippen LogP contribution in [0.2, 0.25) is 0 Å². The number of hydrogen-bond acceptors (Lipinski definition) is 5. The molecule has 13 heteroatoms. The third-order valence-electron chi connectivity index (χ3n) is 4.46. The number of carbonyl (C=O) groups is 1. The maximum absolute atomic E-state index is 13.7. The summed E-state index contributed by atoms with van der Waals surface area (Å²) in [5.41, 5.74) is 0.147. The zero-order valence-electron chi connectivity index (χ0n) is 17.3. The SMILES string of the molecule is O=C(Cc1c(F)ccc(F)c1F)N/N=C/c1ccccc1OS(=O)(=O)c1ccc(C(F)(F)F)cc1. The summed E-state index contributed by atoms with van der Waals surface area (Å²) in [4.78, 5) is 11.4. The highest BCUT2D eigenvalue weighted by Gasteiger charge is 2.31. The Morgan fingerprint density at radius 2 is 1.57 bits per heavy atom. The van der Waals surface area contributed by atoms with Crippen LogP contribution in [0, 0.1) is 17.5 Å². The molecule has 0 fully saturated rings. The Balaban J connectivity index is 1.72. The van der Waals surface area contributed by atoms with E-state index in [4.69, 9.17) is 4.18 Å². The Kier molecular flexibility index (Phi) is 7.48. The molecule has 0 aliphatic carbocycles. The number of nitrogens with zero attached hydrogens (tertiary/aromatic N) is 1. The lowest BCUT2D eigenvalue weighted by molar-refractivity contribution is -0.137. The van der Waals surface area contributed by atoms with E-state index in [1.54, 1.807) is 0 Å². The van der Waals surface area contributed by atoms with Crippen LogP contribution in [0.15, 0.2) is 70.7 Å². The van der Waals surface area contributed by atoms with Crippen LogP contribution in [-0.4, -0.2) is 20.5 Å². The van der Waals surface area contributed by atoms with E-state index in [1.165, 1.54) is 24.3 Å². The number of amides is 1. The summed E-state index contributed by atoms with van der Waals surface area (Å²) in [6.07, 6.45) is -4.55. The number of carbonyl (C=O) groups excluding carboxylic acids is 1. The van der Waals surface area contributed by atoms with Crippen LogP contribution >= 0.6 is 0 Å². The molecule has 6 nitrogen and oxygen atoms in total. The van der Waals surface area contributed by atoms with E-state index in [0.29, 0.717) is 24.3 Å². The van der Waals surface area contributed by atoms with Crippen LogP contribution in [0.4, 0.5) is 26.3 Å². The minimum atomic E-state index is -4.65. The quantitative estimate of drug-likeness (QED) is 0.164. The van der Waals surface area contributed by atoms with Gasteiger partial charge in [-0.15, -0.1) is 0 Å². The van der Waals surface area contributed by atoms with Gasteiger partial charge in [-0.05, 0) is 48.5 Å². The van der Waals surface area contributed by atoms with E-state index >= 15 is 0 Å². The summed E-state index contributed by atoms with van der Waals surface area (Å²) in [7, 11) is -4.53. The summed E-state index contributed by atoms with van der Waals surface area (Å²) >= 11 is 0. The molecule has 184 valence electrons. The minimum absolute atomic E-state index is 0.0337. The molecule has 35 heavy (non-hydrogen) atoms. The van der Waals surface area contributed by atoms with Crippen molar-refractivity contribution in [1.82, 2.24) is 5.43 Å². The van der Waals surface area contributed by atoms with E-state index < -0.39 is 62.1 Å². The third-order valence-corrected chi connectivity index (χ3v) is 5.71. The van der Waals surface area contributed by atoms with Gasteiger partial charge < -0.3 is 4.18 Å². The fourth-order valence-electron chi connectivity index (χ4n) is 2.74. The number of hydrazone groups is 1. The predicted octanol–water partition coefficient (Wildman–Crippen LogP) is 4.58. The van der Waals surface area contributed by atoms with Crippen molar-refractivity contribution in [2.75, 3.05) is 0 Å². The molecule has 1 N–H and O–H groups in total. The highest BCUT2D eigenvalue weighted by Crippen LogP contribution is 2.30. The van der Waals surface area contributed by atoms with Gasteiger partial charge in [-0.1, -0.05) is 12.1 Å². The van der Waals surface area contributed by atoms with E-state index in [1.807, 2.05) is 5.43 Å². The Morgan fingerprint density at radius 3 is 2.23 bits per heavy atom. The monoisotopic (exact) mass is 516 g/mol. The number of benzene rings is 3. The highest BCUT2D eigenvalue weighted by molar-refractivity contribution is 7.87. The van der Waals surface area contributed by atoms with Crippen molar-refractivity contribution >= 4 is 22.2 Å². The van der Waals surface area contributed by atoms with Crippen molar-refractivity contribution < 1.29 is 43.7 Å². The standard InChI is InChI=1S/C22H14F6N2O4S/c23-17-9-10-18(24)21(25)16(17)11-20(31)30-29-12-13-3-1-2-4-19(13)34-35(32,33)15-7-5-14(6-8-15)22(26,27)28/h1-10,12H,11H2,(H,30,31)/b29-12+. The Hall–Kier alpha value is -3.87. The molecule has 0 unspecified atom stereocenters. The number of alkyl halides is 3. The molecule has 0 saturated carbocycles. The summed E-state index contributed by atoms with van der Waals surface area (Å²) in [6.45, 7) is 0. The summed E-state index contributed by atoms with van der Waals surface area (Å²) in [5.74, 6) is -5.25. The van der Waals surface area contributed by atoms with Gasteiger partial charge in [0.15, 0.2) is 17.4 Å². The van der Waals surface area contributed by atoms with Crippen molar-refractivity contribution in [1.29, 1.82) is 0 Å². The first-order chi connectivity index (χ1) is 16.4. The topological polar surface area (TPSA) is 84.8 Å². The van der Waals surface area contributed by atoms with Gasteiger partial charge in [-0.2, -0.15) is 26.7 Å². The second-order valence-electron chi connectivity index (χ2n) is 6.89. The molecule has 0 heterocycles. The first-order valence-corrected chi connectivity index (χ1v) is 10.9. The number of nitrogens with one attached hydrogen (secondary N) is 1. The van der Waals surface area contributed by atoms with Crippen molar-refractivity contribution in [3.05, 3.63) is 94.8 Å². The lowest BCUT2D eigenvalue weighted by Crippen LogP contribution is -2.21. The van der Waals surface area contributed by atoms with Gasteiger partial charge >= 0.3 is 16.3 Å². The Labute approximate surface area is 195 Å². The van der Waals surface area contributed by atoms with Crippen molar-refractivity contribution in [3.63, 3.8) is 0 Å². The smallest absolute Gasteiger partial charge is 0.378 e. The van der Waals surface area contributed by atoms with E-state index in [2.05, 4.69) is 5.10 Å². The molecule has 0 atom stereocenters. The van der Waals surface area contributed by atoms with Gasteiger partial charge in [-0.25, -0.2) is 18.6 Å². The molecule has 0 aliphatic rings. The van der Waals surface area contributed by atoms with Gasteiger partial charge in [0.2, 0.25) is 5.91 Å². The van der Waals surface area contributed by atoms with Crippen LogP contribution in [0.3, 0.4) is 0 Å². The molecule has 3 aromatic carbocycles. The molecule has 0 aromatic heterocycles. The molecule has 0 spiro atoms. The van der Waals surface area contributed by atoms with Crippen molar-refractivity contribution in [2.24, 2.45) is 5.10 Å². The van der Waals surface area contributed by atoms with Crippen LogP contribution in [0.1, 0.15) is 16.7 Å². The number of halogens is 6. The molecule has 0 aliphatic heterocycles. The van der Waals surface area contributed by atoms with Crippen LogP contribution < -0.4 is 9.61 Å². The summed E-state index contributed by atoms with van der Waals surface area (Å²) < 4.78 is 109. The zero-order chi connectivity index (χ0) is 25.8. The van der Waals surface area contributed by atoms with E-state index in [-0.39, 0.29) is 11.3 Å². The predicted molar refractivity (Wildman–Crippen MR) is 111 cm³/mol. The average Bonchev–Trinajstić information content (AvgIpc) is 2.80. The number of para-hydroxylation sites is 1. The van der Waals surface area contributed by atoms with Gasteiger partial charge in [0.25, 0.3) is 0 Å². The Bertz CT molecular complexity index is 1370. The van der Waals surface area contributed by atoms with Gasteiger partial charge in [-0.3, -0.25) is 4.79 Å². The lowest BCUT2D eigenvalue weighted by atomic mass is 10.1. The second kappa shape index (κ2) is 10.2. The molecule has 0 bridgehead atoms. The van der Waals surface area contributed by atoms with E-state index in [9.17, 15) is 39.6 Å². The van der Waals surface area contributed by atoms with E-state index in [0.717, 1.165) is 18.3 Å². The molecule has 0 saturated heterocycles. The van der Waals surface area contributed by atoms with Crippen LogP contribution in [-0.2, 0) is 27.5 Å². The molecule has 3 aromatic rings. The van der Waals surface area contributed by atoms with Gasteiger partial charge in [0, 0.05) is 11.1 Å². The first kappa shape index (κ1) is 25.7. The Morgan fingerprint density at radius 1 is 0.943 bits per heavy atom. The van der Waals surface area contributed by atoms with Gasteiger partial charge in [0.1, 0.15) is 10.7 Å². The lowest BCUT2D eigenvalue weighted by Gasteiger charge is -2.11. The number of hydrogen-bond donors (Lipinski definition) is 1. The fraction of sp³-hybridized carbons (Fsp3) is 0.0909. The third kappa shape index (κ3) is 6.38. The maximum atomic E-state index is 13.7. The highest BCUT2D eigenvalue weighted by atomic mass is 32.2. The average molecular weight is 516 g/mol. The second-order valence-corrected chi connectivity index (χ2v) is 8.44. The van der Waals surface area contributed by atoms with Crippen LogP contribution in [0.25, 0.3) is 0 Å². The number of rotatable bonds is 7. The zero-order valence-corrected chi connectivity index (χ0v) is 18.1. The first-order valence-electron chi connectivity index (χ1n) is 9.53. The molecule has 0 radical (unpaired) electrons. The molecule has 1 amide bonds. The maximum Gasteiger partial charge on any atom is 0.416 e. The van der Waals surface area contributed by atoms with Crippen LogP contribution in [0.5, 0.6) is 5.75 Å². The minimum Gasteiger partial charge on any atom is -0.378 e. The summed E-state index contributed by atoms with van der Waals surface area (Å²) in [6, 6.07) is 9.32. The fourth-order valence-corrected chi connectivity index (χ4v) is 3.70. The molecular formula is C22H14F6N2O4S. The van der Waals surface area contributed by atoms with Crippen molar-refractivity contribution in [3.8, 4) is 5.75 Å². The summed E-state index contributed by atoms with van der Waals surface area (Å²) in [5, 5.41) is 3.56.